The van der Waals surface area contributed by atoms with Crippen LogP contribution in [0, 0.1) is 6.92 Å². The molecule has 1 amide bonds. The molecule has 0 aliphatic carbocycles. The molecule has 1 aromatic rings. The topological polar surface area (TPSA) is 65.5 Å². The van der Waals surface area contributed by atoms with E-state index in [1.807, 2.05) is 19.1 Å². The van der Waals surface area contributed by atoms with E-state index in [2.05, 4.69) is 20.9 Å². The van der Waals surface area contributed by atoms with Crippen molar-refractivity contribution >= 4 is 29.2 Å². The van der Waals surface area contributed by atoms with Crippen LogP contribution in [-0.4, -0.2) is 32.5 Å². The second kappa shape index (κ2) is 7.63. The number of nitrogens with one attached hydrogen (secondary N) is 3. The normalized spacial score (nSPS) is 11.1. The van der Waals surface area contributed by atoms with Crippen LogP contribution in [0.4, 0.5) is 5.69 Å². The summed E-state index contributed by atoms with van der Waals surface area (Å²) >= 11 is 6.04. The predicted molar refractivity (Wildman–Crippen MR) is 79.9 cm³/mol. The first-order valence-electron chi connectivity index (χ1n) is 6.01. The van der Waals surface area contributed by atoms with Gasteiger partial charge in [-0.1, -0.05) is 17.7 Å². The number of rotatable bonds is 4. The van der Waals surface area contributed by atoms with Crippen LogP contribution < -0.4 is 16.0 Å². The lowest BCUT2D eigenvalue weighted by Crippen LogP contribution is -2.36. The number of benzene rings is 1. The number of anilines is 1. The highest BCUT2D eigenvalue weighted by atomic mass is 35.5. The lowest BCUT2D eigenvalue weighted by Gasteiger charge is -2.10. The average Bonchev–Trinajstić information content (AvgIpc) is 2.38. The quantitative estimate of drug-likeness (QED) is 0.582. The molecule has 0 heterocycles. The van der Waals surface area contributed by atoms with Crippen LogP contribution >= 0.6 is 11.6 Å². The number of aliphatic imine (C=N–C) groups is 1. The van der Waals surface area contributed by atoms with E-state index in [1.165, 1.54) is 0 Å². The third-order valence-corrected chi connectivity index (χ3v) is 2.82. The maximum absolute atomic E-state index is 11.7. The molecule has 1 aromatic carbocycles. The van der Waals surface area contributed by atoms with Gasteiger partial charge in [0.1, 0.15) is 0 Å². The number of carbonyl (C=O) groups excluding carboxylic acids is 1. The number of amides is 1. The van der Waals surface area contributed by atoms with Crippen molar-refractivity contribution in [1.29, 1.82) is 0 Å². The Bertz CT molecular complexity index is 474. The Morgan fingerprint density at radius 3 is 2.74 bits per heavy atom. The van der Waals surface area contributed by atoms with Gasteiger partial charge in [0, 0.05) is 27.1 Å². The minimum Gasteiger partial charge on any atom is -0.359 e. The second-order valence-electron chi connectivity index (χ2n) is 4.03. The molecule has 0 fully saturated rings. The summed E-state index contributed by atoms with van der Waals surface area (Å²) in [5.41, 5.74) is 1.69. The first-order valence-corrected chi connectivity index (χ1v) is 6.39. The maximum Gasteiger partial charge on any atom is 0.226 e. The van der Waals surface area contributed by atoms with E-state index in [-0.39, 0.29) is 5.91 Å². The SMILES string of the molecule is CN=C(NC)NCCC(=O)Nc1ccc(C)cc1Cl. The van der Waals surface area contributed by atoms with Crippen LogP contribution in [0.2, 0.25) is 5.02 Å². The molecule has 0 spiro atoms. The Labute approximate surface area is 118 Å². The Morgan fingerprint density at radius 2 is 2.16 bits per heavy atom. The van der Waals surface area contributed by atoms with Crippen molar-refractivity contribution < 1.29 is 4.79 Å². The molecule has 1 rings (SSSR count). The van der Waals surface area contributed by atoms with Crippen molar-refractivity contribution in [3.8, 4) is 0 Å². The van der Waals surface area contributed by atoms with Crippen molar-refractivity contribution in [3.05, 3.63) is 28.8 Å². The van der Waals surface area contributed by atoms with Crippen LogP contribution in [-0.2, 0) is 4.79 Å². The first kappa shape index (κ1) is 15.3. The summed E-state index contributed by atoms with van der Waals surface area (Å²) in [5.74, 6) is 0.561. The van der Waals surface area contributed by atoms with E-state index >= 15 is 0 Å². The van der Waals surface area contributed by atoms with Gasteiger partial charge in [-0.3, -0.25) is 9.79 Å². The molecule has 104 valence electrons. The van der Waals surface area contributed by atoms with Gasteiger partial charge in [-0.2, -0.15) is 0 Å². The summed E-state index contributed by atoms with van der Waals surface area (Å²) in [6, 6.07) is 5.52. The van der Waals surface area contributed by atoms with Crippen LogP contribution in [0.1, 0.15) is 12.0 Å². The number of halogens is 1. The van der Waals surface area contributed by atoms with Gasteiger partial charge in [-0.25, -0.2) is 0 Å². The van der Waals surface area contributed by atoms with Gasteiger partial charge in [-0.05, 0) is 24.6 Å². The third kappa shape index (κ3) is 5.18. The van der Waals surface area contributed by atoms with E-state index < -0.39 is 0 Å². The van der Waals surface area contributed by atoms with Crippen molar-refractivity contribution in [1.82, 2.24) is 10.6 Å². The smallest absolute Gasteiger partial charge is 0.226 e. The summed E-state index contributed by atoms with van der Waals surface area (Å²) in [7, 11) is 3.44. The molecule has 6 heteroatoms. The van der Waals surface area contributed by atoms with Crippen molar-refractivity contribution in [3.63, 3.8) is 0 Å². The molecule has 0 aromatic heterocycles. The van der Waals surface area contributed by atoms with Gasteiger partial charge in [0.15, 0.2) is 5.96 Å². The number of guanidine groups is 1. The molecule has 0 aliphatic rings. The number of hydrogen-bond acceptors (Lipinski definition) is 2. The van der Waals surface area contributed by atoms with E-state index in [9.17, 15) is 4.79 Å². The first-order chi connectivity index (χ1) is 9.06. The summed E-state index contributed by atoms with van der Waals surface area (Å²) < 4.78 is 0. The molecule has 0 radical (unpaired) electrons. The van der Waals surface area contributed by atoms with Gasteiger partial charge in [0.25, 0.3) is 0 Å². The molecule has 5 nitrogen and oxygen atoms in total. The van der Waals surface area contributed by atoms with Crippen molar-refractivity contribution in [2.24, 2.45) is 4.99 Å². The largest absolute Gasteiger partial charge is 0.359 e. The number of nitrogens with zero attached hydrogens (tertiary/aromatic N) is 1. The molecule has 0 saturated carbocycles. The second-order valence-corrected chi connectivity index (χ2v) is 4.44. The Morgan fingerprint density at radius 1 is 1.42 bits per heavy atom. The van der Waals surface area contributed by atoms with Gasteiger partial charge in [0.2, 0.25) is 5.91 Å². The molecule has 0 aliphatic heterocycles. The van der Waals surface area contributed by atoms with Crippen LogP contribution in [0.5, 0.6) is 0 Å². The van der Waals surface area contributed by atoms with Crippen LogP contribution in [0.15, 0.2) is 23.2 Å². The fourth-order valence-corrected chi connectivity index (χ4v) is 1.79. The fraction of sp³-hybridized carbons (Fsp3) is 0.385. The molecule has 0 bridgehead atoms. The lowest BCUT2D eigenvalue weighted by atomic mass is 10.2. The summed E-state index contributed by atoms with van der Waals surface area (Å²) in [6.45, 7) is 2.45. The Balaban J connectivity index is 2.43. The number of hydrogen-bond donors (Lipinski definition) is 3. The van der Waals surface area contributed by atoms with Gasteiger partial charge in [0.05, 0.1) is 10.7 Å². The molecule has 0 atom stereocenters. The molecule has 0 unspecified atom stereocenters. The van der Waals surface area contributed by atoms with E-state index in [0.717, 1.165) is 5.56 Å². The Hall–Kier alpha value is -1.75. The predicted octanol–water partition coefficient (Wildman–Crippen LogP) is 1.77. The third-order valence-electron chi connectivity index (χ3n) is 2.50. The average molecular weight is 283 g/mol. The molecule has 0 saturated heterocycles. The molecular weight excluding hydrogens is 264 g/mol. The van der Waals surface area contributed by atoms with Gasteiger partial charge >= 0.3 is 0 Å². The highest BCUT2D eigenvalue weighted by Gasteiger charge is 2.06. The minimum absolute atomic E-state index is 0.0928. The summed E-state index contributed by atoms with van der Waals surface area (Å²) in [6.07, 6.45) is 0.338. The highest BCUT2D eigenvalue weighted by molar-refractivity contribution is 6.33. The monoisotopic (exact) mass is 282 g/mol. The van der Waals surface area contributed by atoms with Gasteiger partial charge in [-0.15, -0.1) is 0 Å². The summed E-state index contributed by atoms with van der Waals surface area (Å²) in [4.78, 5) is 15.7. The van der Waals surface area contributed by atoms with Crippen molar-refractivity contribution in [2.75, 3.05) is 26.0 Å². The molecule has 19 heavy (non-hydrogen) atoms. The molecular formula is C13H19ClN4O. The Kier molecular flexibility index (Phi) is 6.15. The van der Waals surface area contributed by atoms with Crippen LogP contribution in [0.25, 0.3) is 0 Å². The number of carbonyl (C=O) groups is 1. The zero-order valence-electron chi connectivity index (χ0n) is 11.4. The van der Waals surface area contributed by atoms with Crippen molar-refractivity contribution in [2.45, 2.75) is 13.3 Å². The zero-order chi connectivity index (χ0) is 14.3. The van der Waals surface area contributed by atoms with Gasteiger partial charge < -0.3 is 16.0 Å². The van der Waals surface area contributed by atoms with E-state index in [0.29, 0.717) is 29.6 Å². The fourth-order valence-electron chi connectivity index (χ4n) is 1.51. The van der Waals surface area contributed by atoms with E-state index in [1.54, 1.807) is 20.2 Å². The zero-order valence-corrected chi connectivity index (χ0v) is 12.1. The minimum atomic E-state index is -0.0928. The molecule has 3 N–H and O–H groups in total. The number of aryl methyl sites for hydroxylation is 1. The van der Waals surface area contributed by atoms with Crippen LogP contribution in [0.3, 0.4) is 0 Å². The lowest BCUT2D eigenvalue weighted by molar-refractivity contribution is -0.116. The highest BCUT2D eigenvalue weighted by Crippen LogP contribution is 2.22. The van der Waals surface area contributed by atoms with E-state index in [4.69, 9.17) is 11.6 Å². The summed E-state index contributed by atoms with van der Waals surface area (Å²) in [5, 5.41) is 9.21. The maximum atomic E-state index is 11.7. The standard InChI is InChI=1S/C13H19ClN4O/c1-9-4-5-11(10(14)8-9)18-12(19)6-7-17-13(15-2)16-3/h4-5,8H,6-7H2,1-3H3,(H,18,19)(H2,15,16,17).